The molecule has 5 rings (SSSR count). The first kappa shape index (κ1) is 19.5. The highest BCUT2D eigenvalue weighted by molar-refractivity contribution is 5.84. The Morgan fingerprint density at radius 1 is 1.20 bits per heavy atom. The van der Waals surface area contributed by atoms with Crippen LogP contribution in [-0.4, -0.2) is 42.0 Å². The fourth-order valence-corrected chi connectivity index (χ4v) is 5.51. The lowest BCUT2D eigenvalue weighted by atomic mass is 9.85. The van der Waals surface area contributed by atoms with Gasteiger partial charge in [-0.1, -0.05) is 0 Å². The van der Waals surface area contributed by atoms with Crippen molar-refractivity contribution in [2.45, 2.75) is 63.4 Å². The van der Waals surface area contributed by atoms with E-state index in [4.69, 9.17) is 0 Å². The molecule has 3 aromatic rings. The van der Waals surface area contributed by atoms with Crippen molar-refractivity contribution >= 4 is 10.9 Å². The lowest BCUT2D eigenvalue weighted by Crippen LogP contribution is -2.53. The molecule has 6 nitrogen and oxygen atoms in total. The minimum atomic E-state index is -0.933. The van der Waals surface area contributed by atoms with E-state index in [9.17, 15) is 14.3 Å². The summed E-state index contributed by atoms with van der Waals surface area (Å²) < 4.78 is 17.3. The summed E-state index contributed by atoms with van der Waals surface area (Å²) in [5, 5.41) is 16.6. The normalized spacial score (nSPS) is 26.5. The van der Waals surface area contributed by atoms with Crippen LogP contribution in [0.1, 0.15) is 36.9 Å². The average Bonchev–Trinajstić information content (AvgIpc) is 3.12. The van der Waals surface area contributed by atoms with Gasteiger partial charge in [-0.25, -0.2) is 9.07 Å². The van der Waals surface area contributed by atoms with Gasteiger partial charge in [0.15, 0.2) is 0 Å². The fourth-order valence-electron chi connectivity index (χ4n) is 5.51. The molecule has 2 aliphatic rings. The van der Waals surface area contributed by atoms with Crippen molar-refractivity contribution in [1.29, 1.82) is 0 Å². The van der Waals surface area contributed by atoms with E-state index >= 15 is 0 Å². The number of aryl methyl sites for hydroxylation is 2. The topological polar surface area (TPSA) is 63.3 Å². The number of nitrogens with zero attached hydrogens (tertiary/aromatic N) is 4. The van der Waals surface area contributed by atoms with Gasteiger partial charge in [-0.15, -0.1) is 0 Å². The van der Waals surface area contributed by atoms with Crippen LogP contribution in [0, 0.1) is 12.7 Å². The molecule has 0 spiro atoms. The van der Waals surface area contributed by atoms with Gasteiger partial charge in [0.2, 0.25) is 0 Å². The Kier molecular flexibility index (Phi) is 4.56. The third-order valence-electron chi connectivity index (χ3n) is 6.83. The molecule has 0 amide bonds. The van der Waals surface area contributed by atoms with Gasteiger partial charge in [0.05, 0.1) is 17.8 Å². The molecule has 0 radical (unpaired) electrons. The number of hydrogen-bond acceptors (Lipinski definition) is 4. The van der Waals surface area contributed by atoms with Crippen LogP contribution in [-0.2, 0) is 20.1 Å². The zero-order valence-corrected chi connectivity index (χ0v) is 17.4. The molecule has 2 bridgehead atoms. The van der Waals surface area contributed by atoms with Crippen LogP contribution in [0.3, 0.4) is 0 Å². The van der Waals surface area contributed by atoms with Crippen LogP contribution in [0.25, 0.3) is 10.9 Å². The van der Waals surface area contributed by atoms with Crippen molar-refractivity contribution in [3.05, 3.63) is 64.0 Å². The summed E-state index contributed by atoms with van der Waals surface area (Å²) in [6.07, 6.45) is 5.38. The van der Waals surface area contributed by atoms with E-state index in [0.29, 0.717) is 12.8 Å². The molecule has 2 saturated heterocycles. The average molecular weight is 410 g/mol. The number of piperidine rings is 1. The van der Waals surface area contributed by atoms with E-state index < -0.39 is 5.60 Å². The summed E-state index contributed by atoms with van der Waals surface area (Å²) in [5.74, 6) is -0.220. The Balaban J connectivity index is 1.38. The highest BCUT2D eigenvalue weighted by atomic mass is 19.1. The maximum atomic E-state index is 13.9. The molecule has 0 saturated carbocycles. The highest BCUT2D eigenvalue weighted by Gasteiger charge is 2.47. The van der Waals surface area contributed by atoms with Crippen molar-refractivity contribution in [2.75, 3.05) is 0 Å². The van der Waals surface area contributed by atoms with Gasteiger partial charge >= 0.3 is 0 Å². The number of halogens is 1. The van der Waals surface area contributed by atoms with E-state index in [1.54, 1.807) is 12.1 Å². The summed E-state index contributed by atoms with van der Waals surface area (Å²) in [6.45, 7) is 2.82. The minimum Gasteiger partial charge on any atom is -0.388 e. The van der Waals surface area contributed by atoms with Crippen LogP contribution < -0.4 is 5.56 Å². The Labute approximate surface area is 174 Å². The molecule has 2 aliphatic heterocycles. The molecule has 2 fully saturated rings. The quantitative estimate of drug-likeness (QED) is 0.719. The molecule has 4 heterocycles. The summed E-state index contributed by atoms with van der Waals surface area (Å²) in [7, 11) is 1.99. The molecular formula is C23H27FN4O2. The van der Waals surface area contributed by atoms with E-state index in [1.807, 2.05) is 24.6 Å². The maximum Gasteiger partial charge on any atom is 0.266 e. The molecule has 1 N–H and O–H groups in total. The summed E-state index contributed by atoms with van der Waals surface area (Å²) >= 11 is 0. The first-order valence-electron chi connectivity index (χ1n) is 10.6. The molecule has 30 heavy (non-hydrogen) atoms. The van der Waals surface area contributed by atoms with Crippen LogP contribution in [0.5, 0.6) is 0 Å². The van der Waals surface area contributed by atoms with Gasteiger partial charge in [0, 0.05) is 48.8 Å². The Hall–Kier alpha value is -2.51. The number of aromatic nitrogens is 3. The number of rotatable bonds is 4. The molecule has 7 heteroatoms. The number of fused-ring (bicyclic) bond motifs is 3. The van der Waals surface area contributed by atoms with Crippen LogP contribution >= 0.6 is 0 Å². The summed E-state index contributed by atoms with van der Waals surface area (Å²) in [6, 6.07) is 8.64. The first-order valence-corrected chi connectivity index (χ1v) is 10.6. The molecule has 1 aromatic carbocycles. The van der Waals surface area contributed by atoms with Gasteiger partial charge in [-0.3, -0.25) is 9.69 Å². The third-order valence-corrected chi connectivity index (χ3v) is 6.83. The van der Waals surface area contributed by atoms with Gasteiger partial charge in [-0.05, 0) is 62.4 Å². The predicted octanol–water partition coefficient (Wildman–Crippen LogP) is 2.74. The van der Waals surface area contributed by atoms with Crippen molar-refractivity contribution < 1.29 is 9.50 Å². The lowest BCUT2D eigenvalue weighted by Gasteiger charge is -2.43. The summed E-state index contributed by atoms with van der Waals surface area (Å²) in [4.78, 5) is 14.6. The lowest BCUT2D eigenvalue weighted by molar-refractivity contribution is -0.0677. The standard InChI is InChI=1S/C23H27FN4O2/c1-15-3-8-22(29)28(25-15)14-23(30)10-18-5-6-19(11-23)27(18)13-16-12-26(2)21-7-4-17(24)9-20(16)21/h3-4,7-9,12,18-19,30H,5-6,10-11,13-14H2,1-2H3/t18-,19-/m1/s1. The highest BCUT2D eigenvalue weighted by Crippen LogP contribution is 2.42. The van der Waals surface area contributed by atoms with Gasteiger partial charge in [0.1, 0.15) is 5.82 Å². The summed E-state index contributed by atoms with van der Waals surface area (Å²) in [5.41, 5.74) is 1.80. The molecule has 158 valence electrons. The second kappa shape index (κ2) is 7.03. The maximum absolute atomic E-state index is 13.9. The third kappa shape index (κ3) is 3.36. The van der Waals surface area contributed by atoms with Crippen molar-refractivity contribution in [3.8, 4) is 0 Å². The Bertz CT molecular complexity index is 1150. The van der Waals surface area contributed by atoms with Crippen LogP contribution in [0.2, 0.25) is 0 Å². The SMILES string of the molecule is Cc1ccc(=O)n(CC2(O)C[C@H]3CC[C@H](C2)N3Cc2cn(C)c3ccc(F)cc23)n1. The monoisotopic (exact) mass is 410 g/mol. The van der Waals surface area contributed by atoms with E-state index in [1.165, 1.54) is 16.8 Å². The largest absolute Gasteiger partial charge is 0.388 e. The van der Waals surface area contributed by atoms with Crippen molar-refractivity contribution in [2.24, 2.45) is 7.05 Å². The second-order valence-electron chi connectivity index (χ2n) is 9.09. The number of aliphatic hydroxyl groups is 1. The van der Waals surface area contributed by atoms with Gasteiger partial charge in [-0.2, -0.15) is 5.10 Å². The van der Waals surface area contributed by atoms with Gasteiger partial charge in [0.25, 0.3) is 5.56 Å². The van der Waals surface area contributed by atoms with Crippen LogP contribution in [0.4, 0.5) is 4.39 Å². The van der Waals surface area contributed by atoms with E-state index in [2.05, 4.69) is 16.2 Å². The number of benzene rings is 1. The molecule has 2 atom stereocenters. The van der Waals surface area contributed by atoms with Crippen LogP contribution in [0.15, 0.2) is 41.3 Å². The minimum absolute atomic E-state index is 0.179. The van der Waals surface area contributed by atoms with E-state index in [0.717, 1.165) is 41.5 Å². The van der Waals surface area contributed by atoms with Gasteiger partial charge < -0.3 is 9.67 Å². The molecule has 2 aromatic heterocycles. The number of hydrogen-bond donors (Lipinski definition) is 1. The molecular weight excluding hydrogens is 383 g/mol. The van der Waals surface area contributed by atoms with Crippen molar-refractivity contribution in [1.82, 2.24) is 19.2 Å². The zero-order chi connectivity index (χ0) is 21.0. The first-order chi connectivity index (χ1) is 14.3. The second-order valence-corrected chi connectivity index (χ2v) is 9.09. The fraction of sp³-hybridized carbons (Fsp3) is 0.478. The molecule has 0 unspecified atom stereocenters. The van der Waals surface area contributed by atoms with Crippen molar-refractivity contribution in [3.63, 3.8) is 0 Å². The van der Waals surface area contributed by atoms with E-state index in [-0.39, 0.29) is 30.0 Å². The molecule has 0 aliphatic carbocycles. The predicted molar refractivity (Wildman–Crippen MR) is 113 cm³/mol. The Morgan fingerprint density at radius 2 is 1.93 bits per heavy atom. The zero-order valence-electron chi connectivity index (χ0n) is 17.4. The Morgan fingerprint density at radius 3 is 2.67 bits per heavy atom. The smallest absolute Gasteiger partial charge is 0.266 e.